The first kappa shape index (κ1) is 20.6. The first-order chi connectivity index (χ1) is 14.0. The summed E-state index contributed by atoms with van der Waals surface area (Å²) in [4.78, 5) is 24.8. The van der Waals surface area contributed by atoms with Gasteiger partial charge in [-0.15, -0.1) is 0 Å². The fourth-order valence-electron chi connectivity index (χ4n) is 2.69. The van der Waals surface area contributed by atoms with Crippen molar-refractivity contribution in [2.24, 2.45) is 0 Å². The van der Waals surface area contributed by atoms with Crippen molar-refractivity contribution in [1.82, 2.24) is 10.9 Å². The van der Waals surface area contributed by atoms with Crippen LogP contribution in [0.4, 0.5) is 0 Å². The molecule has 0 atom stereocenters. The predicted octanol–water partition coefficient (Wildman–Crippen LogP) is 4.45. The molecule has 0 saturated heterocycles. The maximum Gasteiger partial charge on any atom is 0.273 e. The molecule has 29 heavy (non-hydrogen) atoms. The monoisotopic (exact) mass is 452 g/mol. The maximum atomic E-state index is 12.5. The number of rotatable bonds is 6. The summed E-state index contributed by atoms with van der Waals surface area (Å²) in [7, 11) is 0. The van der Waals surface area contributed by atoms with Crippen LogP contribution in [-0.4, -0.2) is 18.4 Å². The topological polar surface area (TPSA) is 67.4 Å². The van der Waals surface area contributed by atoms with Crippen molar-refractivity contribution in [3.8, 4) is 5.75 Å². The van der Waals surface area contributed by atoms with Gasteiger partial charge in [0.1, 0.15) is 5.75 Å². The van der Waals surface area contributed by atoms with E-state index >= 15 is 0 Å². The fourth-order valence-corrected chi connectivity index (χ4v) is 3.07. The van der Waals surface area contributed by atoms with Gasteiger partial charge in [-0.2, -0.15) is 0 Å². The Labute approximate surface area is 178 Å². The summed E-state index contributed by atoms with van der Waals surface area (Å²) in [5.74, 6) is -0.380. The van der Waals surface area contributed by atoms with Crippen molar-refractivity contribution in [1.29, 1.82) is 0 Å². The molecule has 0 aromatic heterocycles. The number of para-hydroxylation sites is 1. The summed E-state index contributed by atoms with van der Waals surface area (Å²) in [5.41, 5.74) is 7.86. The Morgan fingerprint density at radius 3 is 2.34 bits per heavy atom. The number of carbonyl (C=O) groups excluding carboxylic acids is 2. The van der Waals surface area contributed by atoms with Crippen molar-refractivity contribution >= 4 is 27.7 Å². The lowest BCUT2D eigenvalue weighted by molar-refractivity contribution is 0.0844. The minimum Gasteiger partial charge on any atom is -0.492 e. The van der Waals surface area contributed by atoms with E-state index in [0.29, 0.717) is 23.5 Å². The predicted molar refractivity (Wildman–Crippen MR) is 116 cm³/mol. The largest absolute Gasteiger partial charge is 0.492 e. The summed E-state index contributed by atoms with van der Waals surface area (Å²) in [5, 5.41) is 0. The minimum absolute atomic E-state index is 0.353. The van der Waals surface area contributed by atoms with E-state index in [-0.39, 0.29) is 0 Å². The van der Waals surface area contributed by atoms with Crippen LogP contribution in [0.25, 0.3) is 0 Å². The van der Waals surface area contributed by atoms with Crippen LogP contribution in [0.5, 0.6) is 5.75 Å². The van der Waals surface area contributed by atoms with E-state index in [0.717, 1.165) is 22.0 Å². The lowest BCUT2D eigenvalue weighted by Gasteiger charge is -2.12. The quantitative estimate of drug-likeness (QED) is 0.542. The molecule has 5 nitrogen and oxygen atoms in total. The van der Waals surface area contributed by atoms with Gasteiger partial charge in [-0.05, 0) is 42.3 Å². The van der Waals surface area contributed by atoms with Gasteiger partial charge < -0.3 is 4.74 Å². The molecule has 2 amide bonds. The van der Waals surface area contributed by atoms with E-state index < -0.39 is 11.8 Å². The van der Waals surface area contributed by atoms with Crippen molar-refractivity contribution in [2.45, 2.75) is 13.3 Å². The minimum atomic E-state index is -0.445. The summed E-state index contributed by atoms with van der Waals surface area (Å²) >= 11 is 3.40. The Bertz CT molecular complexity index is 1010. The Kier molecular flexibility index (Phi) is 7.03. The third-order valence-corrected chi connectivity index (χ3v) is 5.20. The fraction of sp³-hybridized carbons (Fsp3) is 0.130. The number of carbonyl (C=O) groups is 2. The van der Waals surface area contributed by atoms with E-state index in [1.165, 1.54) is 0 Å². The number of hydrogen-bond acceptors (Lipinski definition) is 3. The van der Waals surface area contributed by atoms with Gasteiger partial charge in [0.05, 0.1) is 12.2 Å². The van der Waals surface area contributed by atoms with Gasteiger partial charge in [0.15, 0.2) is 0 Å². The first-order valence-electron chi connectivity index (χ1n) is 9.17. The second-order valence-electron chi connectivity index (χ2n) is 6.45. The van der Waals surface area contributed by atoms with Crippen molar-refractivity contribution in [3.63, 3.8) is 0 Å². The molecule has 0 unspecified atom stereocenters. The number of hydrogen-bond donors (Lipinski definition) is 2. The molecule has 0 spiro atoms. The third-order valence-electron chi connectivity index (χ3n) is 4.35. The van der Waals surface area contributed by atoms with Crippen molar-refractivity contribution in [3.05, 3.63) is 99.5 Å². The Balaban J connectivity index is 1.59. The molecule has 0 heterocycles. The molecular formula is C23H21BrN2O3. The summed E-state index contributed by atoms with van der Waals surface area (Å²) < 4.78 is 6.63. The maximum absolute atomic E-state index is 12.5. The second kappa shape index (κ2) is 9.89. The molecule has 148 valence electrons. The number of hydrazine groups is 1. The highest BCUT2D eigenvalue weighted by Gasteiger charge is 2.14. The van der Waals surface area contributed by atoms with Crippen LogP contribution in [-0.2, 0) is 6.42 Å². The number of ether oxygens (including phenoxy) is 1. The van der Waals surface area contributed by atoms with Gasteiger partial charge in [-0.1, -0.05) is 64.5 Å². The molecule has 2 N–H and O–H groups in total. The highest BCUT2D eigenvalue weighted by Crippen LogP contribution is 2.19. The molecule has 0 radical (unpaired) electrons. The molecule has 3 aromatic rings. The SMILES string of the molecule is Cc1ccc(C(=O)NNC(=O)c2ccccc2OCCc2ccccc2)cc1Br. The molecule has 3 rings (SSSR count). The molecule has 3 aromatic carbocycles. The van der Waals surface area contributed by atoms with E-state index in [1.54, 1.807) is 36.4 Å². The molecule has 6 heteroatoms. The van der Waals surface area contributed by atoms with Crippen LogP contribution in [0.1, 0.15) is 31.8 Å². The summed E-state index contributed by atoms with van der Waals surface area (Å²) in [6.07, 6.45) is 0.732. The van der Waals surface area contributed by atoms with Crippen LogP contribution in [0.3, 0.4) is 0 Å². The Morgan fingerprint density at radius 2 is 1.59 bits per heavy atom. The van der Waals surface area contributed by atoms with Crippen molar-refractivity contribution in [2.75, 3.05) is 6.61 Å². The molecule has 0 bridgehead atoms. The van der Waals surface area contributed by atoms with E-state index in [2.05, 4.69) is 26.8 Å². The zero-order valence-corrected chi connectivity index (χ0v) is 17.5. The molecule has 0 aliphatic rings. The molecule has 0 saturated carbocycles. The van der Waals surface area contributed by atoms with E-state index in [1.807, 2.05) is 43.3 Å². The van der Waals surface area contributed by atoms with Crippen LogP contribution in [0.2, 0.25) is 0 Å². The van der Waals surface area contributed by atoms with Gasteiger partial charge in [-0.25, -0.2) is 0 Å². The molecule has 0 fully saturated rings. The summed E-state index contributed by atoms with van der Waals surface area (Å²) in [6.45, 7) is 2.38. The van der Waals surface area contributed by atoms with Crippen LogP contribution in [0, 0.1) is 6.92 Å². The van der Waals surface area contributed by atoms with Gasteiger partial charge in [0.2, 0.25) is 0 Å². The lowest BCUT2D eigenvalue weighted by atomic mass is 10.1. The zero-order chi connectivity index (χ0) is 20.6. The average molecular weight is 453 g/mol. The Morgan fingerprint density at radius 1 is 0.897 bits per heavy atom. The smallest absolute Gasteiger partial charge is 0.273 e. The van der Waals surface area contributed by atoms with Gasteiger partial charge in [0, 0.05) is 16.5 Å². The summed E-state index contributed by atoms with van der Waals surface area (Å²) in [6, 6.07) is 22.2. The van der Waals surface area contributed by atoms with Gasteiger partial charge in [0.25, 0.3) is 11.8 Å². The number of halogens is 1. The molecule has 0 aliphatic heterocycles. The highest BCUT2D eigenvalue weighted by atomic mass is 79.9. The van der Waals surface area contributed by atoms with Crippen LogP contribution in [0.15, 0.2) is 77.3 Å². The lowest BCUT2D eigenvalue weighted by Crippen LogP contribution is -2.41. The van der Waals surface area contributed by atoms with Crippen LogP contribution >= 0.6 is 15.9 Å². The number of nitrogens with one attached hydrogen (secondary N) is 2. The van der Waals surface area contributed by atoms with E-state index in [9.17, 15) is 9.59 Å². The average Bonchev–Trinajstić information content (AvgIpc) is 2.75. The van der Waals surface area contributed by atoms with Crippen molar-refractivity contribution < 1.29 is 14.3 Å². The third kappa shape index (κ3) is 5.68. The standard InChI is InChI=1S/C23H21BrN2O3/c1-16-11-12-18(15-20(16)24)22(27)25-26-23(28)19-9-5-6-10-21(19)29-14-13-17-7-3-2-4-8-17/h2-12,15H,13-14H2,1H3,(H,25,27)(H,26,28). The van der Waals surface area contributed by atoms with Crippen LogP contribution < -0.4 is 15.6 Å². The number of amides is 2. The van der Waals surface area contributed by atoms with Gasteiger partial charge >= 0.3 is 0 Å². The second-order valence-corrected chi connectivity index (χ2v) is 7.31. The zero-order valence-electron chi connectivity index (χ0n) is 15.9. The highest BCUT2D eigenvalue weighted by molar-refractivity contribution is 9.10. The van der Waals surface area contributed by atoms with E-state index in [4.69, 9.17) is 4.74 Å². The number of benzene rings is 3. The normalized spacial score (nSPS) is 10.3. The Hall–Kier alpha value is -3.12. The van der Waals surface area contributed by atoms with Gasteiger partial charge in [-0.3, -0.25) is 20.4 Å². The molecular weight excluding hydrogens is 432 g/mol. The first-order valence-corrected chi connectivity index (χ1v) is 9.96. The number of aryl methyl sites for hydroxylation is 1. The molecule has 0 aliphatic carbocycles.